The van der Waals surface area contributed by atoms with E-state index in [9.17, 15) is 9.59 Å². The number of primary amides is 1. The van der Waals surface area contributed by atoms with Crippen LogP contribution in [0.1, 0.15) is 44.9 Å². The fraction of sp³-hybridized carbons (Fsp3) is 0.524. The van der Waals surface area contributed by atoms with Crippen molar-refractivity contribution in [3.8, 4) is 18.1 Å². The lowest BCUT2D eigenvalue weighted by Gasteiger charge is -2.38. The molecule has 2 saturated carbocycles. The van der Waals surface area contributed by atoms with E-state index in [1.54, 1.807) is 6.07 Å². The molecular formula is C21H27N3O3. The quantitative estimate of drug-likeness (QED) is 0.782. The van der Waals surface area contributed by atoms with Gasteiger partial charge >= 0.3 is 5.91 Å². The molecule has 0 bridgehead atoms. The molecule has 0 saturated heterocycles. The fourth-order valence-electron chi connectivity index (χ4n) is 3.93. The number of terminal acetylenes is 1. The monoisotopic (exact) mass is 369 g/mol. The maximum atomic E-state index is 12.6. The second-order valence-electron chi connectivity index (χ2n) is 7.61. The molecule has 0 heterocycles. The molecule has 0 aliphatic heterocycles. The van der Waals surface area contributed by atoms with Crippen molar-refractivity contribution in [3.05, 3.63) is 18.2 Å². The molecule has 2 N–H and O–H groups in total. The van der Waals surface area contributed by atoms with Gasteiger partial charge in [0.2, 0.25) is 5.91 Å². The Morgan fingerprint density at radius 1 is 1.22 bits per heavy atom. The Balaban J connectivity index is 2.04. The first kappa shape index (κ1) is 19.1. The molecule has 0 atom stereocenters. The van der Waals surface area contributed by atoms with E-state index in [2.05, 4.69) is 5.92 Å². The number of hydrogen-bond acceptors (Lipinski definition) is 4. The molecule has 1 aromatic rings. The molecule has 2 fully saturated rings. The molecular weight excluding hydrogens is 342 g/mol. The summed E-state index contributed by atoms with van der Waals surface area (Å²) in [5.41, 5.74) is 6.09. The van der Waals surface area contributed by atoms with Crippen LogP contribution in [-0.4, -0.2) is 37.6 Å². The third-order valence-corrected chi connectivity index (χ3v) is 5.67. The second-order valence-corrected chi connectivity index (χ2v) is 7.61. The Labute approximate surface area is 160 Å². The zero-order valence-electron chi connectivity index (χ0n) is 16.0. The van der Waals surface area contributed by atoms with Gasteiger partial charge in [-0.15, -0.1) is 6.42 Å². The summed E-state index contributed by atoms with van der Waals surface area (Å²) in [6.45, 7) is 0. The van der Waals surface area contributed by atoms with Gasteiger partial charge < -0.3 is 15.4 Å². The van der Waals surface area contributed by atoms with Gasteiger partial charge in [-0.05, 0) is 56.2 Å². The van der Waals surface area contributed by atoms with Crippen LogP contribution in [0, 0.1) is 12.3 Å². The van der Waals surface area contributed by atoms with E-state index in [4.69, 9.17) is 16.9 Å². The van der Waals surface area contributed by atoms with Crippen molar-refractivity contribution in [1.29, 1.82) is 0 Å². The van der Waals surface area contributed by atoms with E-state index in [1.165, 1.54) is 11.3 Å². The Bertz CT molecular complexity index is 771. The molecule has 2 aliphatic rings. The lowest BCUT2D eigenvalue weighted by Crippen LogP contribution is -2.58. The van der Waals surface area contributed by atoms with Crippen LogP contribution >= 0.6 is 0 Å². The van der Waals surface area contributed by atoms with Gasteiger partial charge in [-0.25, -0.2) is 0 Å². The summed E-state index contributed by atoms with van der Waals surface area (Å²) in [4.78, 5) is 28.4. The molecule has 2 aliphatic carbocycles. The molecule has 27 heavy (non-hydrogen) atoms. The largest absolute Gasteiger partial charge is 0.488 e. The van der Waals surface area contributed by atoms with E-state index in [0.717, 1.165) is 37.1 Å². The number of rotatable bonds is 6. The number of hydrogen-bond donors (Lipinski definition) is 1. The number of nitrogens with zero attached hydrogens (tertiary/aromatic N) is 2. The van der Waals surface area contributed by atoms with Crippen LogP contribution in [0.2, 0.25) is 0 Å². The number of carbonyl (C=O) groups is 2. The first-order chi connectivity index (χ1) is 12.9. The molecule has 6 heteroatoms. The summed E-state index contributed by atoms with van der Waals surface area (Å²) in [5, 5.41) is 0. The zero-order valence-corrected chi connectivity index (χ0v) is 16.0. The number of nitrogens with two attached hydrogens (primary N) is 1. The number of amides is 2. The van der Waals surface area contributed by atoms with Gasteiger partial charge in [0.25, 0.3) is 0 Å². The van der Waals surface area contributed by atoms with Gasteiger partial charge in [0, 0.05) is 19.8 Å². The Kier molecular flexibility index (Phi) is 5.31. The van der Waals surface area contributed by atoms with Gasteiger partial charge in [0.1, 0.15) is 11.3 Å². The molecule has 3 rings (SSSR count). The van der Waals surface area contributed by atoms with Gasteiger partial charge in [-0.1, -0.05) is 12.8 Å². The fourth-order valence-corrected chi connectivity index (χ4v) is 3.93. The van der Waals surface area contributed by atoms with Crippen molar-refractivity contribution in [1.82, 2.24) is 0 Å². The summed E-state index contributed by atoms with van der Waals surface area (Å²) in [6.07, 6.45) is 11.7. The van der Waals surface area contributed by atoms with Crippen LogP contribution in [0.25, 0.3) is 0 Å². The minimum absolute atomic E-state index is 0.241. The molecule has 2 amide bonds. The van der Waals surface area contributed by atoms with E-state index >= 15 is 0 Å². The molecule has 0 radical (unpaired) electrons. The Morgan fingerprint density at radius 2 is 1.89 bits per heavy atom. The number of anilines is 2. The summed E-state index contributed by atoms with van der Waals surface area (Å²) in [7, 11) is 3.83. The number of carbonyl (C=O) groups excluding carboxylic acids is 2. The van der Waals surface area contributed by atoms with Crippen LogP contribution in [0.5, 0.6) is 5.75 Å². The van der Waals surface area contributed by atoms with Gasteiger partial charge in [0.15, 0.2) is 0 Å². The smallest absolute Gasteiger partial charge is 0.303 e. The first-order valence-corrected chi connectivity index (χ1v) is 9.48. The summed E-state index contributed by atoms with van der Waals surface area (Å²) in [5.74, 6) is 1.88. The third-order valence-electron chi connectivity index (χ3n) is 5.67. The predicted molar refractivity (Wildman–Crippen MR) is 106 cm³/mol. The van der Waals surface area contributed by atoms with Crippen molar-refractivity contribution >= 4 is 23.2 Å². The molecule has 6 nitrogen and oxygen atoms in total. The Hall–Kier alpha value is -2.68. The van der Waals surface area contributed by atoms with Crippen molar-refractivity contribution in [2.75, 3.05) is 23.9 Å². The maximum Gasteiger partial charge on any atom is 0.303 e. The molecule has 0 aromatic heterocycles. The highest BCUT2D eigenvalue weighted by Gasteiger charge is 2.48. The summed E-state index contributed by atoms with van der Waals surface area (Å²) < 4.78 is 6.09. The highest BCUT2D eigenvalue weighted by Crippen LogP contribution is 2.41. The van der Waals surface area contributed by atoms with Crippen LogP contribution in [0.4, 0.5) is 11.4 Å². The van der Waals surface area contributed by atoms with E-state index in [-0.39, 0.29) is 6.10 Å². The average Bonchev–Trinajstić information content (AvgIpc) is 3.09. The van der Waals surface area contributed by atoms with E-state index in [0.29, 0.717) is 18.5 Å². The zero-order chi connectivity index (χ0) is 19.6. The van der Waals surface area contributed by atoms with Crippen molar-refractivity contribution in [3.63, 3.8) is 0 Å². The lowest BCUT2D eigenvalue weighted by atomic mass is 9.92. The second kappa shape index (κ2) is 7.51. The van der Waals surface area contributed by atoms with Crippen LogP contribution in [0.15, 0.2) is 18.2 Å². The van der Waals surface area contributed by atoms with Crippen molar-refractivity contribution < 1.29 is 14.3 Å². The van der Waals surface area contributed by atoms with Crippen molar-refractivity contribution in [2.45, 2.75) is 56.6 Å². The normalized spacial score (nSPS) is 18.3. The third kappa shape index (κ3) is 3.46. The molecule has 1 aromatic carbocycles. The van der Waals surface area contributed by atoms with Crippen molar-refractivity contribution in [2.24, 2.45) is 5.73 Å². The standard InChI is InChI=1S/C21H27N3O3/c1-4-19(25)24(21(20(22)26)12-5-6-13-21)15-10-11-18(17(14-15)23(2)3)27-16-8-7-9-16/h1,10-11,14,16H,5-9,12-13H2,2-3H3,(H2,22,26). The highest BCUT2D eigenvalue weighted by molar-refractivity contribution is 6.11. The minimum atomic E-state index is -1.07. The maximum absolute atomic E-state index is 12.6. The van der Waals surface area contributed by atoms with Gasteiger partial charge in [0.05, 0.1) is 11.8 Å². The van der Waals surface area contributed by atoms with Gasteiger partial charge in [-0.2, -0.15) is 0 Å². The topological polar surface area (TPSA) is 75.9 Å². The average molecular weight is 369 g/mol. The highest BCUT2D eigenvalue weighted by atomic mass is 16.5. The molecule has 0 unspecified atom stereocenters. The van der Waals surface area contributed by atoms with E-state index in [1.807, 2.05) is 31.1 Å². The minimum Gasteiger partial charge on any atom is -0.488 e. The lowest BCUT2D eigenvalue weighted by molar-refractivity contribution is -0.126. The molecule has 144 valence electrons. The predicted octanol–water partition coefficient (Wildman–Crippen LogP) is 2.45. The SMILES string of the molecule is C#CC(=O)N(c1ccc(OC2CCC2)c(N(C)C)c1)C1(C(N)=O)CCCC1. The number of benzene rings is 1. The summed E-state index contributed by atoms with van der Waals surface area (Å²) in [6, 6.07) is 5.49. The van der Waals surface area contributed by atoms with Crippen LogP contribution < -0.4 is 20.3 Å². The van der Waals surface area contributed by atoms with Crippen LogP contribution in [-0.2, 0) is 9.59 Å². The van der Waals surface area contributed by atoms with Gasteiger partial charge in [-0.3, -0.25) is 14.5 Å². The summed E-state index contributed by atoms with van der Waals surface area (Å²) >= 11 is 0. The number of ether oxygens (including phenoxy) is 1. The van der Waals surface area contributed by atoms with Crippen LogP contribution in [0.3, 0.4) is 0 Å². The van der Waals surface area contributed by atoms with E-state index < -0.39 is 17.4 Å². The molecule has 0 spiro atoms. The first-order valence-electron chi connectivity index (χ1n) is 9.48. The Morgan fingerprint density at radius 3 is 2.37 bits per heavy atom.